The van der Waals surface area contributed by atoms with Gasteiger partial charge in [0.2, 0.25) is 0 Å². The zero-order valence-electron chi connectivity index (χ0n) is 10.3. The van der Waals surface area contributed by atoms with E-state index >= 15 is 0 Å². The van der Waals surface area contributed by atoms with Crippen LogP contribution in [-0.4, -0.2) is 12.6 Å². The third kappa shape index (κ3) is 4.14. The minimum atomic E-state index is 0.788. The molecule has 88 valence electrons. The number of rotatable bonds is 7. The van der Waals surface area contributed by atoms with E-state index in [-0.39, 0.29) is 0 Å². The van der Waals surface area contributed by atoms with Crippen LogP contribution in [0.15, 0.2) is 0 Å². The van der Waals surface area contributed by atoms with Crippen molar-refractivity contribution in [2.24, 2.45) is 11.8 Å². The van der Waals surface area contributed by atoms with Gasteiger partial charge in [-0.1, -0.05) is 38.5 Å². The van der Waals surface area contributed by atoms with Crippen LogP contribution in [0.5, 0.6) is 0 Å². The van der Waals surface area contributed by atoms with Crippen LogP contribution in [0.4, 0.5) is 0 Å². The van der Waals surface area contributed by atoms with Gasteiger partial charge in [-0.2, -0.15) is 0 Å². The Morgan fingerprint density at radius 1 is 1.07 bits per heavy atom. The van der Waals surface area contributed by atoms with Crippen LogP contribution in [0.2, 0.25) is 0 Å². The molecule has 0 spiro atoms. The molecule has 2 rings (SSSR count). The highest BCUT2D eigenvalue weighted by molar-refractivity contribution is 4.83. The number of nitrogens with one attached hydrogen (secondary N) is 1. The number of unbranched alkanes of at least 4 members (excludes halogenated alkanes) is 1. The molecular weight excluding hydrogens is 182 g/mol. The van der Waals surface area contributed by atoms with E-state index in [1.807, 2.05) is 0 Å². The Labute approximate surface area is 95.0 Å². The zero-order chi connectivity index (χ0) is 10.5. The summed E-state index contributed by atoms with van der Waals surface area (Å²) in [6.45, 7) is 3.61. The largest absolute Gasteiger partial charge is 0.314 e. The monoisotopic (exact) mass is 209 g/mol. The second kappa shape index (κ2) is 5.89. The van der Waals surface area contributed by atoms with Gasteiger partial charge in [0.1, 0.15) is 0 Å². The molecule has 0 radical (unpaired) electrons. The molecule has 1 atom stereocenters. The summed E-state index contributed by atoms with van der Waals surface area (Å²) in [5.41, 5.74) is 0. The first kappa shape index (κ1) is 11.4. The van der Waals surface area contributed by atoms with Crippen molar-refractivity contribution < 1.29 is 0 Å². The van der Waals surface area contributed by atoms with Crippen molar-refractivity contribution >= 4 is 0 Å². The predicted molar refractivity (Wildman–Crippen MR) is 66.0 cm³/mol. The Bertz CT molecular complexity index is 164. The number of hydrogen-bond donors (Lipinski definition) is 1. The molecule has 1 heteroatoms. The van der Waals surface area contributed by atoms with Crippen LogP contribution in [-0.2, 0) is 0 Å². The van der Waals surface area contributed by atoms with Gasteiger partial charge in [0.05, 0.1) is 0 Å². The summed E-state index contributed by atoms with van der Waals surface area (Å²) in [6.07, 6.45) is 13.3. The average Bonchev–Trinajstić information content (AvgIpc) is 2.97. The van der Waals surface area contributed by atoms with Crippen LogP contribution >= 0.6 is 0 Å². The SMILES string of the molecule is CC(NCCCCC1CCCC1)C1CC1. The average molecular weight is 209 g/mol. The van der Waals surface area contributed by atoms with Gasteiger partial charge in [0.15, 0.2) is 0 Å². The standard InChI is InChI=1S/C14H27N/c1-12(14-9-10-14)15-11-5-4-8-13-6-2-3-7-13/h12-15H,2-11H2,1H3. The van der Waals surface area contributed by atoms with Crippen LogP contribution in [0.3, 0.4) is 0 Å². The maximum atomic E-state index is 3.67. The van der Waals surface area contributed by atoms with Crippen molar-refractivity contribution in [1.29, 1.82) is 0 Å². The van der Waals surface area contributed by atoms with Gasteiger partial charge in [0.25, 0.3) is 0 Å². The first-order valence-corrected chi connectivity index (χ1v) is 7.09. The maximum absolute atomic E-state index is 3.67. The summed E-state index contributed by atoms with van der Waals surface area (Å²) >= 11 is 0. The van der Waals surface area contributed by atoms with Gasteiger partial charge in [0, 0.05) is 6.04 Å². The van der Waals surface area contributed by atoms with Gasteiger partial charge in [-0.05, 0) is 44.6 Å². The lowest BCUT2D eigenvalue weighted by Crippen LogP contribution is -2.28. The van der Waals surface area contributed by atoms with E-state index < -0.39 is 0 Å². The summed E-state index contributed by atoms with van der Waals surface area (Å²) < 4.78 is 0. The van der Waals surface area contributed by atoms with E-state index in [2.05, 4.69) is 12.2 Å². The van der Waals surface area contributed by atoms with Gasteiger partial charge in [-0.3, -0.25) is 0 Å². The van der Waals surface area contributed by atoms with Crippen LogP contribution in [0, 0.1) is 11.8 Å². The molecule has 2 aliphatic rings. The second-order valence-electron chi connectivity index (χ2n) is 5.73. The second-order valence-corrected chi connectivity index (χ2v) is 5.73. The molecule has 1 N–H and O–H groups in total. The van der Waals surface area contributed by atoms with Crippen molar-refractivity contribution in [2.45, 2.75) is 70.8 Å². The lowest BCUT2D eigenvalue weighted by Gasteiger charge is -2.13. The molecule has 0 aromatic carbocycles. The van der Waals surface area contributed by atoms with Crippen molar-refractivity contribution in [3.05, 3.63) is 0 Å². The Hall–Kier alpha value is -0.0400. The molecule has 2 aliphatic carbocycles. The summed E-state index contributed by atoms with van der Waals surface area (Å²) in [5.74, 6) is 2.10. The van der Waals surface area contributed by atoms with Crippen molar-refractivity contribution in [1.82, 2.24) is 5.32 Å². The van der Waals surface area contributed by atoms with E-state index in [1.165, 1.54) is 64.3 Å². The molecule has 2 saturated carbocycles. The van der Waals surface area contributed by atoms with Crippen LogP contribution < -0.4 is 5.32 Å². The molecular formula is C14H27N. The van der Waals surface area contributed by atoms with E-state index in [1.54, 1.807) is 0 Å². The molecule has 1 nitrogen and oxygen atoms in total. The van der Waals surface area contributed by atoms with Crippen LogP contribution in [0.25, 0.3) is 0 Å². The van der Waals surface area contributed by atoms with Crippen LogP contribution in [0.1, 0.15) is 64.7 Å². The van der Waals surface area contributed by atoms with Crippen molar-refractivity contribution in [2.75, 3.05) is 6.54 Å². The smallest absolute Gasteiger partial charge is 0.00669 e. The normalized spacial score (nSPS) is 24.6. The lowest BCUT2D eigenvalue weighted by atomic mass is 10.0. The first-order valence-electron chi connectivity index (χ1n) is 7.09. The zero-order valence-corrected chi connectivity index (χ0v) is 10.3. The lowest BCUT2D eigenvalue weighted by molar-refractivity contribution is 0.443. The Balaban J connectivity index is 1.41. The molecule has 1 unspecified atom stereocenters. The van der Waals surface area contributed by atoms with E-state index in [0.29, 0.717) is 0 Å². The molecule has 0 bridgehead atoms. The maximum Gasteiger partial charge on any atom is 0.00669 e. The molecule has 0 heterocycles. The fraction of sp³-hybridized carbons (Fsp3) is 1.00. The molecule has 2 fully saturated rings. The summed E-state index contributed by atoms with van der Waals surface area (Å²) in [5, 5.41) is 3.67. The first-order chi connectivity index (χ1) is 7.36. The molecule has 0 aromatic heterocycles. The molecule has 15 heavy (non-hydrogen) atoms. The Kier molecular flexibility index (Phi) is 4.49. The predicted octanol–water partition coefficient (Wildman–Crippen LogP) is 3.74. The van der Waals surface area contributed by atoms with Gasteiger partial charge >= 0.3 is 0 Å². The fourth-order valence-electron chi connectivity index (χ4n) is 2.95. The summed E-state index contributed by atoms with van der Waals surface area (Å²) in [6, 6.07) is 0.788. The molecule has 0 aliphatic heterocycles. The highest BCUT2D eigenvalue weighted by atomic mass is 14.9. The van der Waals surface area contributed by atoms with Gasteiger partial charge < -0.3 is 5.32 Å². The van der Waals surface area contributed by atoms with Crippen molar-refractivity contribution in [3.63, 3.8) is 0 Å². The third-order valence-corrected chi connectivity index (χ3v) is 4.31. The topological polar surface area (TPSA) is 12.0 Å². The number of hydrogen-bond acceptors (Lipinski definition) is 1. The summed E-state index contributed by atoms with van der Waals surface area (Å²) in [4.78, 5) is 0. The van der Waals surface area contributed by atoms with Gasteiger partial charge in [-0.25, -0.2) is 0 Å². The van der Waals surface area contributed by atoms with Crippen molar-refractivity contribution in [3.8, 4) is 0 Å². The highest BCUT2D eigenvalue weighted by Crippen LogP contribution is 2.32. The molecule has 0 amide bonds. The minimum Gasteiger partial charge on any atom is -0.314 e. The summed E-state index contributed by atoms with van der Waals surface area (Å²) in [7, 11) is 0. The highest BCUT2D eigenvalue weighted by Gasteiger charge is 2.27. The van der Waals surface area contributed by atoms with E-state index in [4.69, 9.17) is 0 Å². The Morgan fingerprint density at radius 2 is 1.80 bits per heavy atom. The van der Waals surface area contributed by atoms with E-state index in [9.17, 15) is 0 Å². The molecule has 0 saturated heterocycles. The third-order valence-electron chi connectivity index (χ3n) is 4.31. The van der Waals surface area contributed by atoms with Gasteiger partial charge in [-0.15, -0.1) is 0 Å². The molecule has 0 aromatic rings. The van der Waals surface area contributed by atoms with E-state index in [0.717, 1.165) is 17.9 Å². The Morgan fingerprint density at radius 3 is 2.47 bits per heavy atom. The minimum absolute atomic E-state index is 0.788. The quantitative estimate of drug-likeness (QED) is 0.630. The fourth-order valence-corrected chi connectivity index (χ4v) is 2.95.